The molecule has 1 aliphatic heterocycles. The fourth-order valence-corrected chi connectivity index (χ4v) is 3.65. The maximum absolute atomic E-state index is 9.63. The van der Waals surface area contributed by atoms with Crippen LogP contribution in [0.3, 0.4) is 0 Å². The van der Waals surface area contributed by atoms with Crippen LogP contribution in [0.15, 0.2) is 59.6 Å². The van der Waals surface area contributed by atoms with Crippen LogP contribution in [0.2, 0.25) is 0 Å². The highest BCUT2D eigenvalue weighted by molar-refractivity contribution is 14.0. The molecule has 164 valence electrons. The van der Waals surface area contributed by atoms with Gasteiger partial charge in [0.1, 0.15) is 0 Å². The monoisotopic (exact) mass is 522 g/mol. The Morgan fingerprint density at radius 1 is 0.967 bits per heavy atom. The quantitative estimate of drug-likeness (QED) is 0.215. The van der Waals surface area contributed by atoms with Crippen LogP contribution < -0.4 is 10.6 Å². The van der Waals surface area contributed by atoms with E-state index in [0.717, 1.165) is 64.4 Å². The fraction of sp³-hybridized carbons (Fsp3) is 0.458. The number of hydrogen-bond acceptors (Lipinski definition) is 3. The molecule has 0 atom stereocenters. The van der Waals surface area contributed by atoms with Crippen molar-refractivity contribution in [3.8, 4) is 0 Å². The van der Waals surface area contributed by atoms with Gasteiger partial charge in [0.25, 0.3) is 0 Å². The summed E-state index contributed by atoms with van der Waals surface area (Å²) in [5.41, 5.74) is 3.95. The number of aliphatic hydroxyl groups excluding tert-OH is 1. The molecule has 30 heavy (non-hydrogen) atoms. The summed E-state index contributed by atoms with van der Waals surface area (Å²) in [6, 6.07) is 19.4. The van der Waals surface area contributed by atoms with Crippen LogP contribution in [0, 0.1) is 0 Å². The summed E-state index contributed by atoms with van der Waals surface area (Å²) in [6.45, 7) is 4.59. The third kappa shape index (κ3) is 8.62. The molecule has 0 radical (unpaired) electrons. The molecular weight excluding hydrogens is 487 g/mol. The van der Waals surface area contributed by atoms with E-state index in [1.165, 1.54) is 16.7 Å². The molecule has 3 rings (SSSR count). The number of piperidine rings is 1. The van der Waals surface area contributed by atoms with Crippen LogP contribution in [0.5, 0.6) is 0 Å². The maximum Gasteiger partial charge on any atom is 0.191 e. The highest BCUT2D eigenvalue weighted by Crippen LogP contribution is 2.14. The Hall–Kier alpha value is -1.64. The molecular formula is C24H35IN4O. The first-order valence-electron chi connectivity index (χ1n) is 10.7. The minimum atomic E-state index is -0.110. The highest BCUT2D eigenvalue weighted by atomic mass is 127. The van der Waals surface area contributed by atoms with Crippen molar-refractivity contribution in [1.82, 2.24) is 15.5 Å². The van der Waals surface area contributed by atoms with Crippen molar-refractivity contribution >= 4 is 29.9 Å². The molecule has 0 aromatic heterocycles. The van der Waals surface area contributed by atoms with Gasteiger partial charge in [-0.15, -0.1) is 24.0 Å². The van der Waals surface area contributed by atoms with Crippen molar-refractivity contribution in [3.63, 3.8) is 0 Å². The van der Waals surface area contributed by atoms with Crippen molar-refractivity contribution in [2.45, 2.75) is 44.9 Å². The van der Waals surface area contributed by atoms with Crippen molar-refractivity contribution in [2.24, 2.45) is 4.99 Å². The Morgan fingerprint density at radius 2 is 1.63 bits per heavy atom. The number of likely N-dealkylation sites (tertiary alicyclic amines) is 1. The predicted molar refractivity (Wildman–Crippen MR) is 135 cm³/mol. The van der Waals surface area contributed by atoms with Gasteiger partial charge >= 0.3 is 0 Å². The standard InChI is InChI=1S/C24H34N4O.HI/c1-25-24(26-15-5-8-20-6-3-2-4-7-20)27-18-21-9-11-22(12-10-21)19-28-16-13-23(29)14-17-28;/h2-4,6-7,9-12,23,29H,5,8,13-19H2,1H3,(H2,25,26,27);1H. The molecule has 0 spiro atoms. The summed E-state index contributed by atoms with van der Waals surface area (Å²) in [6.07, 6.45) is 3.81. The summed E-state index contributed by atoms with van der Waals surface area (Å²) in [5.74, 6) is 0.842. The molecule has 0 unspecified atom stereocenters. The first kappa shape index (κ1) is 24.6. The zero-order chi connectivity index (χ0) is 20.3. The molecule has 0 bridgehead atoms. The number of rotatable bonds is 8. The lowest BCUT2D eigenvalue weighted by Gasteiger charge is -2.29. The Kier molecular flexibility index (Phi) is 11.2. The van der Waals surface area contributed by atoms with Gasteiger partial charge in [-0.3, -0.25) is 9.89 Å². The topological polar surface area (TPSA) is 59.9 Å². The summed E-state index contributed by atoms with van der Waals surface area (Å²) in [4.78, 5) is 6.73. The van der Waals surface area contributed by atoms with Gasteiger partial charge in [-0.1, -0.05) is 54.6 Å². The Bertz CT molecular complexity index is 744. The minimum Gasteiger partial charge on any atom is -0.393 e. The Balaban J connectivity index is 0.00000320. The van der Waals surface area contributed by atoms with E-state index in [2.05, 4.69) is 75.1 Å². The van der Waals surface area contributed by atoms with Crippen LogP contribution in [0.1, 0.15) is 36.0 Å². The molecule has 1 aliphatic rings. The molecule has 0 saturated carbocycles. The third-order valence-corrected chi connectivity index (χ3v) is 5.45. The van der Waals surface area contributed by atoms with Crippen LogP contribution in [-0.2, 0) is 19.5 Å². The van der Waals surface area contributed by atoms with E-state index < -0.39 is 0 Å². The number of guanidine groups is 1. The van der Waals surface area contributed by atoms with Gasteiger partial charge in [0.05, 0.1) is 6.10 Å². The van der Waals surface area contributed by atoms with Gasteiger partial charge in [0, 0.05) is 39.8 Å². The van der Waals surface area contributed by atoms with E-state index in [0.29, 0.717) is 0 Å². The lowest BCUT2D eigenvalue weighted by molar-refractivity contribution is 0.0792. The van der Waals surface area contributed by atoms with E-state index in [1.54, 1.807) is 0 Å². The molecule has 1 fully saturated rings. The van der Waals surface area contributed by atoms with E-state index >= 15 is 0 Å². The number of nitrogens with one attached hydrogen (secondary N) is 2. The summed E-state index contributed by atoms with van der Waals surface area (Å²) in [5, 5.41) is 16.4. The number of aryl methyl sites for hydroxylation is 1. The molecule has 2 aromatic carbocycles. The second-order valence-corrected chi connectivity index (χ2v) is 7.77. The number of halogens is 1. The number of aliphatic hydroxyl groups is 1. The second kappa shape index (κ2) is 13.6. The molecule has 3 N–H and O–H groups in total. The van der Waals surface area contributed by atoms with E-state index in [4.69, 9.17) is 0 Å². The lowest BCUT2D eigenvalue weighted by atomic mass is 10.1. The minimum absolute atomic E-state index is 0. The smallest absolute Gasteiger partial charge is 0.191 e. The Morgan fingerprint density at radius 3 is 2.30 bits per heavy atom. The zero-order valence-corrected chi connectivity index (χ0v) is 20.2. The Labute approximate surface area is 198 Å². The highest BCUT2D eigenvalue weighted by Gasteiger charge is 2.16. The molecule has 0 amide bonds. The second-order valence-electron chi connectivity index (χ2n) is 7.77. The molecule has 5 nitrogen and oxygen atoms in total. The van der Waals surface area contributed by atoms with E-state index in [-0.39, 0.29) is 30.1 Å². The summed E-state index contributed by atoms with van der Waals surface area (Å²) >= 11 is 0. The molecule has 6 heteroatoms. The molecule has 1 saturated heterocycles. The van der Waals surface area contributed by atoms with Crippen molar-refractivity contribution in [1.29, 1.82) is 0 Å². The number of aliphatic imine (C=N–C) groups is 1. The summed E-state index contributed by atoms with van der Waals surface area (Å²) in [7, 11) is 1.81. The van der Waals surface area contributed by atoms with Crippen LogP contribution >= 0.6 is 24.0 Å². The van der Waals surface area contributed by atoms with Gasteiger partial charge in [-0.2, -0.15) is 0 Å². The van der Waals surface area contributed by atoms with Crippen LogP contribution in [0.4, 0.5) is 0 Å². The lowest BCUT2D eigenvalue weighted by Crippen LogP contribution is -2.37. The average molecular weight is 522 g/mol. The predicted octanol–water partition coefficient (Wildman–Crippen LogP) is 3.56. The molecule has 1 heterocycles. The number of hydrogen-bond donors (Lipinski definition) is 3. The largest absolute Gasteiger partial charge is 0.393 e. The van der Waals surface area contributed by atoms with Gasteiger partial charge in [0.15, 0.2) is 5.96 Å². The SMILES string of the molecule is CN=C(NCCCc1ccccc1)NCc1ccc(CN2CCC(O)CC2)cc1.I. The van der Waals surface area contributed by atoms with Gasteiger partial charge in [-0.25, -0.2) is 0 Å². The first-order valence-corrected chi connectivity index (χ1v) is 10.7. The average Bonchev–Trinajstić information content (AvgIpc) is 2.76. The van der Waals surface area contributed by atoms with Gasteiger partial charge in [-0.05, 0) is 42.4 Å². The van der Waals surface area contributed by atoms with E-state index in [1.807, 2.05) is 7.05 Å². The maximum atomic E-state index is 9.63. The van der Waals surface area contributed by atoms with Crippen molar-refractivity contribution in [3.05, 3.63) is 71.3 Å². The van der Waals surface area contributed by atoms with Crippen molar-refractivity contribution < 1.29 is 5.11 Å². The van der Waals surface area contributed by atoms with Crippen LogP contribution in [-0.4, -0.2) is 48.8 Å². The summed E-state index contributed by atoms with van der Waals surface area (Å²) < 4.78 is 0. The molecule has 0 aliphatic carbocycles. The number of benzene rings is 2. The van der Waals surface area contributed by atoms with Gasteiger partial charge in [0.2, 0.25) is 0 Å². The first-order chi connectivity index (χ1) is 14.2. The fourth-order valence-electron chi connectivity index (χ4n) is 3.65. The zero-order valence-electron chi connectivity index (χ0n) is 17.9. The van der Waals surface area contributed by atoms with E-state index in [9.17, 15) is 5.11 Å². The normalized spacial score (nSPS) is 15.5. The molecule has 2 aromatic rings. The van der Waals surface area contributed by atoms with Gasteiger partial charge < -0.3 is 15.7 Å². The van der Waals surface area contributed by atoms with Crippen LogP contribution in [0.25, 0.3) is 0 Å². The number of nitrogens with zero attached hydrogens (tertiary/aromatic N) is 2. The van der Waals surface area contributed by atoms with Crippen molar-refractivity contribution in [2.75, 3.05) is 26.7 Å². The third-order valence-electron chi connectivity index (χ3n) is 5.45.